The third-order valence-electron chi connectivity index (χ3n) is 4.46. The normalized spacial score (nSPS) is 25.2. The fourth-order valence-electron chi connectivity index (χ4n) is 3.28. The zero-order valence-electron chi connectivity index (χ0n) is 13.0. The Kier molecular flexibility index (Phi) is 3.46. The van der Waals surface area contributed by atoms with Gasteiger partial charge in [-0.05, 0) is 6.42 Å². The number of ether oxygens (including phenoxy) is 1. The first-order valence-corrected chi connectivity index (χ1v) is 7.88. The van der Waals surface area contributed by atoms with Crippen LogP contribution in [0.15, 0.2) is 16.9 Å². The third-order valence-corrected chi connectivity index (χ3v) is 4.46. The molecule has 7 nitrogen and oxygen atoms in total. The van der Waals surface area contributed by atoms with Crippen LogP contribution in [0.2, 0.25) is 0 Å². The highest BCUT2D eigenvalue weighted by Crippen LogP contribution is 2.30. The van der Waals surface area contributed by atoms with Gasteiger partial charge in [0, 0.05) is 25.6 Å². The number of aromatic nitrogens is 4. The van der Waals surface area contributed by atoms with E-state index in [2.05, 4.69) is 34.0 Å². The molecule has 0 N–H and O–H groups in total. The van der Waals surface area contributed by atoms with Crippen molar-refractivity contribution in [3.8, 4) is 0 Å². The maximum Gasteiger partial charge on any atom is 0.196 e. The molecule has 7 heteroatoms. The van der Waals surface area contributed by atoms with E-state index in [-0.39, 0.29) is 12.1 Å². The number of hydrogen-bond donors (Lipinski definition) is 0. The highest BCUT2D eigenvalue weighted by atomic mass is 16.5. The first kappa shape index (κ1) is 13.9. The molecule has 0 aliphatic carbocycles. The first-order chi connectivity index (χ1) is 10.7. The molecule has 118 valence electrons. The molecule has 2 aromatic heterocycles. The molecule has 4 rings (SSSR count). The largest absolute Gasteiger partial charge is 0.448 e. The van der Waals surface area contributed by atoms with Crippen molar-refractivity contribution >= 4 is 0 Å². The summed E-state index contributed by atoms with van der Waals surface area (Å²) in [7, 11) is 0. The van der Waals surface area contributed by atoms with E-state index in [1.807, 2.05) is 4.68 Å². The minimum absolute atomic E-state index is 0.244. The zero-order valence-corrected chi connectivity index (χ0v) is 13.0. The maximum atomic E-state index is 5.94. The van der Waals surface area contributed by atoms with Crippen LogP contribution in [-0.2, 0) is 17.9 Å². The molecule has 1 saturated heterocycles. The number of rotatable bonds is 3. The predicted molar refractivity (Wildman–Crippen MR) is 78.1 cm³/mol. The van der Waals surface area contributed by atoms with E-state index < -0.39 is 0 Å². The van der Waals surface area contributed by atoms with Gasteiger partial charge in [-0.25, -0.2) is 9.67 Å². The molecule has 2 atom stereocenters. The molecule has 0 amide bonds. The van der Waals surface area contributed by atoms with Crippen LogP contribution in [0.4, 0.5) is 0 Å². The van der Waals surface area contributed by atoms with Crippen molar-refractivity contribution in [2.75, 3.05) is 13.1 Å². The van der Waals surface area contributed by atoms with Crippen molar-refractivity contribution in [3.05, 3.63) is 29.7 Å². The van der Waals surface area contributed by atoms with Gasteiger partial charge < -0.3 is 9.15 Å². The molecule has 1 fully saturated rings. The summed E-state index contributed by atoms with van der Waals surface area (Å²) >= 11 is 0. The maximum absolute atomic E-state index is 5.94. The summed E-state index contributed by atoms with van der Waals surface area (Å²) in [5, 5.41) is 8.25. The van der Waals surface area contributed by atoms with E-state index in [9.17, 15) is 0 Å². The topological polar surface area (TPSA) is 69.2 Å². The van der Waals surface area contributed by atoms with Crippen molar-refractivity contribution in [3.63, 3.8) is 0 Å². The average molecular weight is 303 g/mol. The summed E-state index contributed by atoms with van der Waals surface area (Å²) in [6.07, 6.45) is 4.83. The number of likely N-dealkylation sites (tertiary alicyclic amines) is 1. The van der Waals surface area contributed by atoms with Gasteiger partial charge in [-0.3, -0.25) is 4.90 Å². The highest BCUT2D eigenvalue weighted by Gasteiger charge is 2.36. The molecule has 2 aromatic rings. The van der Waals surface area contributed by atoms with Gasteiger partial charge in [0.05, 0.1) is 36.3 Å². The quantitative estimate of drug-likeness (QED) is 0.860. The number of oxazole rings is 1. The van der Waals surface area contributed by atoms with Gasteiger partial charge in [-0.15, -0.1) is 5.10 Å². The molecule has 0 bridgehead atoms. The Morgan fingerprint density at radius 3 is 3.14 bits per heavy atom. The summed E-state index contributed by atoms with van der Waals surface area (Å²) in [5.41, 5.74) is 2.06. The van der Waals surface area contributed by atoms with Gasteiger partial charge in [-0.1, -0.05) is 19.1 Å². The molecule has 0 saturated carbocycles. The molecule has 2 aliphatic rings. The number of piperidine rings is 1. The Morgan fingerprint density at radius 1 is 1.41 bits per heavy atom. The minimum Gasteiger partial charge on any atom is -0.448 e. The lowest BCUT2D eigenvalue weighted by Gasteiger charge is -2.40. The third kappa shape index (κ3) is 2.44. The van der Waals surface area contributed by atoms with Gasteiger partial charge in [0.15, 0.2) is 5.89 Å². The zero-order chi connectivity index (χ0) is 15.1. The smallest absolute Gasteiger partial charge is 0.196 e. The second kappa shape index (κ2) is 5.48. The van der Waals surface area contributed by atoms with Crippen molar-refractivity contribution < 1.29 is 9.15 Å². The Hall–Kier alpha value is -1.73. The van der Waals surface area contributed by atoms with Crippen LogP contribution in [0.1, 0.15) is 49.5 Å². The molecule has 4 heterocycles. The van der Waals surface area contributed by atoms with Crippen LogP contribution < -0.4 is 0 Å². The van der Waals surface area contributed by atoms with E-state index in [0.29, 0.717) is 12.5 Å². The predicted octanol–water partition coefficient (Wildman–Crippen LogP) is 1.74. The monoisotopic (exact) mass is 303 g/mol. The molecule has 22 heavy (non-hydrogen) atoms. The van der Waals surface area contributed by atoms with Crippen LogP contribution in [0.5, 0.6) is 0 Å². The Balaban J connectivity index is 1.47. The van der Waals surface area contributed by atoms with Crippen molar-refractivity contribution in [1.82, 2.24) is 24.9 Å². The van der Waals surface area contributed by atoms with Gasteiger partial charge >= 0.3 is 0 Å². The molecular formula is C15H21N5O2. The molecule has 0 unspecified atom stereocenters. The lowest BCUT2D eigenvalue weighted by Crippen LogP contribution is -2.47. The van der Waals surface area contributed by atoms with Gasteiger partial charge in [-0.2, -0.15) is 0 Å². The fraction of sp³-hybridized carbons (Fsp3) is 0.667. The first-order valence-electron chi connectivity index (χ1n) is 7.88. The summed E-state index contributed by atoms with van der Waals surface area (Å²) in [6, 6.07) is 0.247. The summed E-state index contributed by atoms with van der Waals surface area (Å²) in [5.74, 6) is 1.13. The summed E-state index contributed by atoms with van der Waals surface area (Å²) < 4.78 is 13.5. The van der Waals surface area contributed by atoms with Crippen molar-refractivity contribution in [1.29, 1.82) is 0 Å². The Labute approximate surface area is 129 Å². The fourth-order valence-corrected chi connectivity index (χ4v) is 3.28. The van der Waals surface area contributed by atoms with Crippen molar-refractivity contribution in [2.45, 2.75) is 51.5 Å². The molecule has 0 spiro atoms. The van der Waals surface area contributed by atoms with Crippen LogP contribution in [0, 0.1) is 0 Å². The van der Waals surface area contributed by atoms with E-state index in [4.69, 9.17) is 9.15 Å². The average Bonchev–Trinajstić information content (AvgIpc) is 3.15. The van der Waals surface area contributed by atoms with E-state index >= 15 is 0 Å². The van der Waals surface area contributed by atoms with Gasteiger partial charge in [0.25, 0.3) is 0 Å². The molecule has 0 radical (unpaired) electrons. The van der Waals surface area contributed by atoms with Crippen LogP contribution in [0.25, 0.3) is 0 Å². The Bertz CT molecular complexity index is 650. The van der Waals surface area contributed by atoms with Gasteiger partial charge in [0.1, 0.15) is 6.26 Å². The van der Waals surface area contributed by atoms with E-state index in [1.54, 1.807) is 12.5 Å². The number of hydrogen-bond acceptors (Lipinski definition) is 6. The highest BCUT2D eigenvalue weighted by molar-refractivity contribution is 5.03. The van der Waals surface area contributed by atoms with E-state index in [1.165, 1.54) is 0 Å². The molecule has 0 aromatic carbocycles. The second-order valence-corrected chi connectivity index (χ2v) is 6.44. The van der Waals surface area contributed by atoms with Gasteiger partial charge in [0.2, 0.25) is 0 Å². The van der Waals surface area contributed by atoms with Crippen molar-refractivity contribution in [2.24, 2.45) is 0 Å². The lowest BCUT2D eigenvalue weighted by molar-refractivity contribution is -0.0671. The second-order valence-electron chi connectivity index (χ2n) is 6.44. The summed E-state index contributed by atoms with van der Waals surface area (Å²) in [4.78, 5) is 6.96. The minimum atomic E-state index is 0.244. The number of fused-ring (bicyclic) bond motifs is 3. The van der Waals surface area contributed by atoms with Crippen LogP contribution >= 0.6 is 0 Å². The SMILES string of the molecule is CC(C)c1nc(CN2CC[C@H]3OCc4cnnn4[C@H]3C2)co1. The van der Waals surface area contributed by atoms with Crippen LogP contribution in [-0.4, -0.2) is 44.1 Å². The lowest BCUT2D eigenvalue weighted by atomic mass is 10.0. The van der Waals surface area contributed by atoms with E-state index in [0.717, 1.165) is 43.3 Å². The standard InChI is InChI=1S/C15H21N5O2/c1-10(2)15-17-11(8-22-15)6-19-4-3-14-13(7-19)20-12(9-21-14)5-16-18-20/h5,8,10,13-14H,3-4,6-7,9H2,1-2H3/t13-,14+/m0/s1. The number of nitrogens with zero attached hydrogens (tertiary/aromatic N) is 5. The molecular weight excluding hydrogens is 282 g/mol. The molecule has 2 aliphatic heterocycles. The Morgan fingerprint density at radius 2 is 2.32 bits per heavy atom. The van der Waals surface area contributed by atoms with Crippen LogP contribution in [0.3, 0.4) is 0 Å². The summed E-state index contributed by atoms with van der Waals surface area (Å²) in [6.45, 7) is 7.53.